The number of nitrogens with one attached hydrogen (secondary N) is 1. The normalized spacial score (nSPS) is 14.3. The van der Waals surface area contributed by atoms with Gasteiger partial charge in [-0.25, -0.2) is 4.79 Å². The second kappa shape index (κ2) is 6.72. The Morgan fingerprint density at radius 2 is 1.71 bits per heavy atom. The van der Waals surface area contributed by atoms with E-state index in [9.17, 15) is 14.7 Å². The molecule has 0 bridgehead atoms. The smallest absolute Gasteiger partial charge is 0.333 e. The van der Waals surface area contributed by atoms with Crippen LogP contribution in [0.1, 0.15) is 39.2 Å². The van der Waals surface area contributed by atoms with Crippen molar-refractivity contribution < 1.29 is 14.7 Å². The van der Waals surface area contributed by atoms with Crippen LogP contribution < -0.4 is 11.1 Å². The number of benzene rings is 1. The summed E-state index contributed by atoms with van der Waals surface area (Å²) in [6, 6.07) is 8.68. The molecular formula is C16H24N2O3. The molecule has 0 aliphatic carbocycles. The highest BCUT2D eigenvalue weighted by molar-refractivity contribution is 5.90. The first-order valence-corrected chi connectivity index (χ1v) is 7.18. The van der Waals surface area contributed by atoms with Crippen LogP contribution in [0.5, 0.6) is 0 Å². The highest BCUT2D eigenvalue weighted by Crippen LogP contribution is 2.29. The Hall–Kier alpha value is -1.88. The molecule has 1 rings (SSSR count). The van der Waals surface area contributed by atoms with Crippen LogP contribution in [0.25, 0.3) is 0 Å². The molecule has 0 saturated heterocycles. The van der Waals surface area contributed by atoms with Crippen molar-refractivity contribution in [1.29, 1.82) is 0 Å². The minimum Gasteiger partial charge on any atom is -0.479 e. The molecule has 5 heteroatoms. The van der Waals surface area contributed by atoms with Gasteiger partial charge in [-0.1, -0.05) is 44.2 Å². The van der Waals surface area contributed by atoms with Crippen molar-refractivity contribution in [2.45, 2.75) is 39.2 Å². The molecule has 0 heterocycles. The van der Waals surface area contributed by atoms with Crippen LogP contribution in [0.2, 0.25) is 0 Å². The van der Waals surface area contributed by atoms with Crippen molar-refractivity contribution in [1.82, 2.24) is 5.32 Å². The number of hydrogen-bond donors (Lipinski definition) is 3. The zero-order valence-corrected chi connectivity index (χ0v) is 12.8. The number of nitrogens with two attached hydrogens (primary N) is 1. The van der Waals surface area contributed by atoms with Gasteiger partial charge < -0.3 is 16.2 Å². The Morgan fingerprint density at radius 1 is 1.19 bits per heavy atom. The summed E-state index contributed by atoms with van der Waals surface area (Å²) in [6.07, 6.45) is 1.13. The van der Waals surface area contributed by atoms with Gasteiger partial charge in [-0.05, 0) is 25.3 Å². The van der Waals surface area contributed by atoms with Crippen molar-refractivity contribution in [2.24, 2.45) is 11.1 Å². The quantitative estimate of drug-likeness (QED) is 0.715. The van der Waals surface area contributed by atoms with Gasteiger partial charge in [0.05, 0.1) is 5.41 Å². The molecule has 1 amide bonds. The van der Waals surface area contributed by atoms with Gasteiger partial charge in [0, 0.05) is 6.54 Å². The molecule has 0 aliphatic rings. The predicted octanol–water partition coefficient (Wildman–Crippen LogP) is 1.87. The topological polar surface area (TPSA) is 92.4 Å². The zero-order chi connectivity index (χ0) is 16.1. The minimum absolute atomic E-state index is 0.191. The first-order chi connectivity index (χ1) is 9.86. The van der Waals surface area contributed by atoms with E-state index in [2.05, 4.69) is 5.32 Å². The Morgan fingerprint density at radius 3 is 2.10 bits per heavy atom. The second-order valence-corrected chi connectivity index (χ2v) is 5.44. The molecular weight excluding hydrogens is 268 g/mol. The maximum Gasteiger partial charge on any atom is 0.333 e. The van der Waals surface area contributed by atoms with Gasteiger partial charge >= 0.3 is 5.97 Å². The fraction of sp³-hybridized carbons (Fsp3) is 0.500. The summed E-state index contributed by atoms with van der Waals surface area (Å²) in [5.74, 6) is -1.41. The molecule has 1 aromatic rings. The molecule has 0 aromatic heterocycles. The van der Waals surface area contributed by atoms with Gasteiger partial charge in [0.2, 0.25) is 5.91 Å². The van der Waals surface area contributed by atoms with Crippen LogP contribution in [0.4, 0.5) is 0 Å². The van der Waals surface area contributed by atoms with Crippen LogP contribution in [0.15, 0.2) is 30.3 Å². The highest BCUT2D eigenvalue weighted by Gasteiger charge is 2.42. The Bertz CT molecular complexity index is 489. The SMILES string of the molecule is CCC(CC)(CN)C(=O)NC(C)(C(=O)O)c1ccccc1. The standard InChI is InChI=1S/C16H24N2O3/c1-4-16(5-2,11-17)13(19)18-15(3,14(20)21)12-9-7-6-8-10-12/h6-10H,4-5,11,17H2,1-3H3,(H,18,19)(H,20,21). The molecule has 116 valence electrons. The molecule has 1 atom stereocenters. The number of carboxylic acids is 1. The number of amides is 1. The molecule has 0 radical (unpaired) electrons. The Kier molecular flexibility index (Phi) is 5.49. The Labute approximate surface area is 125 Å². The van der Waals surface area contributed by atoms with Gasteiger partial charge in [-0.3, -0.25) is 4.79 Å². The largest absolute Gasteiger partial charge is 0.479 e. The summed E-state index contributed by atoms with van der Waals surface area (Å²) in [6.45, 7) is 5.46. The molecule has 4 N–H and O–H groups in total. The molecule has 1 unspecified atom stereocenters. The Balaban J connectivity index is 3.16. The minimum atomic E-state index is -1.47. The summed E-state index contributed by atoms with van der Waals surface area (Å²) >= 11 is 0. The van der Waals surface area contributed by atoms with Crippen molar-refractivity contribution in [2.75, 3.05) is 6.54 Å². The monoisotopic (exact) mass is 292 g/mol. The number of hydrogen-bond acceptors (Lipinski definition) is 3. The molecule has 0 fully saturated rings. The van der Waals surface area contributed by atoms with Crippen LogP contribution in [-0.4, -0.2) is 23.5 Å². The third kappa shape index (κ3) is 3.24. The summed E-state index contributed by atoms with van der Waals surface area (Å²) in [4.78, 5) is 24.3. The maximum absolute atomic E-state index is 12.6. The lowest BCUT2D eigenvalue weighted by atomic mass is 9.80. The predicted molar refractivity (Wildman–Crippen MR) is 81.6 cm³/mol. The van der Waals surface area contributed by atoms with E-state index in [1.807, 2.05) is 13.8 Å². The summed E-state index contributed by atoms with van der Waals surface area (Å²) in [7, 11) is 0. The molecule has 5 nitrogen and oxygen atoms in total. The maximum atomic E-state index is 12.6. The third-order valence-electron chi connectivity index (χ3n) is 4.37. The van der Waals surface area contributed by atoms with Gasteiger partial charge in [-0.15, -0.1) is 0 Å². The van der Waals surface area contributed by atoms with Crippen LogP contribution in [0, 0.1) is 5.41 Å². The van der Waals surface area contributed by atoms with E-state index < -0.39 is 16.9 Å². The first kappa shape index (κ1) is 17.2. The fourth-order valence-corrected chi connectivity index (χ4v) is 2.33. The highest BCUT2D eigenvalue weighted by atomic mass is 16.4. The number of carbonyl (C=O) groups is 2. The average Bonchev–Trinajstić information content (AvgIpc) is 2.50. The first-order valence-electron chi connectivity index (χ1n) is 7.18. The van der Waals surface area contributed by atoms with Gasteiger partial charge in [0.15, 0.2) is 5.54 Å². The fourth-order valence-electron chi connectivity index (χ4n) is 2.33. The second-order valence-electron chi connectivity index (χ2n) is 5.44. The average molecular weight is 292 g/mol. The van der Waals surface area contributed by atoms with E-state index in [0.29, 0.717) is 18.4 Å². The van der Waals surface area contributed by atoms with Gasteiger partial charge in [0.25, 0.3) is 0 Å². The van der Waals surface area contributed by atoms with Crippen LogP contribution >= 0.6 is 0 Å². The van der Waals surface area contributed by atoms with Crippen molar-refractivity contribution in [3.63, 3.8) is 0 Å². The summed E-state index contributed by atoms with van der Waals surface area (Å²) in [5, 5.41) is 12.3. The van der Waals surface area contributed by atoms with Crippen molar-refractivity contribution in [3.8, 4) is 0 Å². The van der Waals surface area contributed by atoms with Crippen molar-refractivity contribution >= 4 is 11.9 Å². The number of carboxylic acid groups (broad SMARTS) is 1. The van der Waals surface area contributed by atoms with Gasteiger partial charge in [-0.2, -0.15) is 0 Å². The van der Waals surface area contributed by atoms with E-state index in [-0.39, 0.29) is 12.5 Å². The summed E-state index contributed by atoms with van der Waals surface area (Å²) in [5.41, 5.74) is 4.09. The lowest BCUT2D eigenvalue weighted by Gasteiger charge is -2.34. The van der Waals surface area contributed by atoms with Crippen LogP contribution in [0.3, 0.4) is 0 Å². The molecule has 0 spiro atoms. The molecule has 1 aromatic carbocycles. The number of aliphatic carboxylic acids is 1. The van der Waals surface area contributed by atoms with E-state index >= 15 is 0 Å². The lowest BCUT2D eigenvalue weighted by Crippen LogP contribution is -2.55. The lowest BCUT2D eigenvalue weighted by molar-refractivity contribution is -0.149. The summed E-state index contributed by atoms with van der Waals surface area (Å²) < 4.78 is 0. The molecule has 0 aliphatic heterocycles. The molecule has 0 saturated carbocycles. The van der Waals surface area contributed by atoms with Gasteiger partial charge in [0.1, 0.15) is 0 Å². The van der Waals surface area contributed by atoms with Crippen molar-refractivity contribution in [3.05, 3.63) is 35.9 Å². The third-order valence-corrected chi connectivity index (χ3v) is 4.37. The van der Waals surface area contributed by atoms with E-state index in [1.165, 1.54) is 6.92 Å². The van der Waals surface area contributed by atoms with Crippen LogP contribution in [-0.2, 0) is 15.1 Å². The van der Waals surface area contributed by atoms with E-state index in [1.54, 1.807) is 30.3 Å². The van der Waals surface area contributed by atoms with E-state index in [0.717, 1.165) is 0 Å². The van der Waals surface area contributed by atoms with E-state index in [4.69, 9.17) is 5.73 Å². The zero-order valence-electron chi connectivity index (χ0n) is 12.8. The number of carbonyl (C=O) groups excluding carboxylic acids is 1. The molecule has 21 heavy (non-hydrogen) atoms. The number of rotatable bonds is 7.